The lowest BCUT2D eigenvalue weighted by atomic mass is 9.92. The molecule has 1 heterocycles. The van der Waals surface area contributed by atoms with Crippen molar-refractivity contribution in [3.05, 3.63) is 62.6 Å². The molecule has 98 valence electrons. The van der Waals surface area contributed by atoms with E-state index in [-0.39, 0.29) is 0 Å². The summed E-state index contributed by atoms with van der Waals surface area (Å²) in [6.07, 6.45) is 2.24. The van der Waals surface area contributed by atoms with E-state index in [1.54, 1.807) is 0 Å². The van der Waals surface area contributed by atoms with Crippen LogP contribution in [0.5, 0.6) is 0 Å². The van der Waals surface area contributed by atoms with Gasteiger partial charge in [-0.05, 0) is 54.7 Å². The first-order chi connectivity index (χ1) is 9.13. The van der Waals surface area contributed by atoms with Crippen LogP contribution in [0.25, 0.3) is 0 Å². The molecule has 0 amide bonds. The standard InChI is InChI=1S/C16H15BrClN/c1-10-8-12-4-7-15(19-16(12)9-14(10)17)11-2-5-13(18)6-3-11/h2-3,5-6,8-9,15,19H,4,7H2,1H3. The molecule has 0 bridgehead atoms. The van der Waals surface area contributed by atoms with Crippen LogP contribution in [0.15, 0.2) is 40.9 Å². The van der Waals surface area contributed by atoms with E-state index in [1.807, 2.05) is 12.1 Å². The van der Waals surface area contributed by atoms with E-state index < -0.39 is 0 Å². The molecule has 0 aromatic heterocycles. The molecule has 1 aliphatic heterocycles. The molecule has 0 saturated heterocycles. The van der Waals surface area contributed by atoms with E-state index in [0.29, 0.717) is 6.04 Å². The Kier molecular flexibility index (Phi) is 3.55. The van der Waals surface area contributed by atoms with Crippen molar-refractivity contribution in [1.29, 1.82) is 0 Å². The van der Waals surface area contributed by atoms with Gasteiger partial charge in [0.1, 0.15) is 0 Å². The van der Waals surface area contributed by atoms with Crippen LogP contribution in [0.3, 0.4) is 0 Å². The molecule has 0 radical (unpaired) electrons. The van der Waals surface area contributed by atoms with E-state index in [4.69, 9.17) is 11.6 Å². The number of benzene rings is 2. The molecular weight excluding hydrogens is 322 g/mol. The third-order valence-corrected chi connectivity index (χ3v) is 4.80. The van der Waals surface area contributed by atoms with Crippen molar-refractivity contribution in [2.24, 2.45) is 0 Å². The minimum atomic E-state index is 0.374. The van der Waals surface area contributed by atoms with E-state index in [9.17, 15) is 0 Å². The first kappa shape index (κ1) is 13.0. The molecular formula is C16H15BrClN. The van der Waals surface area contributed by atoms with Crippen LogP contribution >= 0.6 is 27.5 Å². The molecule has 0 aliphatic carbocycles. The van der Waals surface area contributed by atoms with E-state index in [2.05, 4.69) is 52.4 Å². The van der Waals surface area contributed by atoms with Crippen molar-refractivity contribution < 1.29 is 0 Å². The van der Waals surface area contributed by atoms with Crippen LogP contribution in [-0.4, -0.2) is 0 Å². The van der Waals surface area contributed by atoms with Gasteiger partial charge in [-0.3, -0.25) is 0 Å². The Morgan fingerprint density at radius 3 is 2.68 bits per heavy atom. The Morgan fingerprint density at radius 1 is 1.21 bits per heavy atom. The van der Waals surface area contributed by atoms with Crippen LogP contribution in [0.2, 0.25) is 5.02 Å². The van der Waals surface area contributed by atoms with Gasteiger partial charge in [0, 0.05) is 15.2 Å². The summed E-state index contributed by atoms with van der Waals surface area (Å²) < 4.78 is 1.16. The highest BCUT2D eigenvalue weighted by Crippen LogP contribution is 2.35. The maximum Gasteiger partial charge on any atom is 0.0517 e. The van der Waals surface area contributed by atoms with Crippen molar-refractivity contribution >= 4 is 33.2 Å². The van der Waals surface area contributed by atoms with Gasteiger partial charge in [-0.15, -0.1) is 0 Å². The zero-order valence-electron chi connectivity index (χ0n) is 10.7. The van der Waals surface area contributed by atoms with Gasteiger partial charge in [-0.2, -0.15) is 0 Å². The maximum atomic E-state index is 5.94. The molecule has 3 rings (SSSR count). The number of hydrogen-bond donors (Lipinski definition) is 1. The van der Waals surface area contributed by atoms with Gasteiger partial charge in [-0.25, -0.2) is 0 Å². The van der Waals surface area contributed by atoms with Crippen LogP contribution in [0, 0.1) is 6.92 Å². The van der Waals surface area contributed by atoms with Crippen molar-refractivity contribution in [3.63, 3.8) is 0 Å². The fraction of sp³-hybridized carbons (Fsp3) is 0.250. The molecule has 1 nitrogen and oxygen atoms in total. The minimum absolute atomic E-state index is 0.374. The summed E-state index contributed by atoms with van der Waals surface area (Å²) in [5.41, 5.74) is 5.24. The monoisotopic (exact) mass is 335 g/mol. The Morgan fingerprint density at radius 2 is 1.95 bits per heavy atom. The Hall–Kier alpha value is -0.990. The third-order valence-electron chi connectivity index (χ3n) is 3.69. The first-order valence-electron chi connectivity index (χ1n) is 6.44. The van der Waals surface area contributed by atoms with Gasteiger partial charge in [0.2, 0.25) is 0 Å². The quantitative estimate of drug-likeness (QED) is 0.724. The highest BCUT2D eigenvalue weighted by atomic mass is 79.9. The fourth-order valence-electron chi connectivity index (χ4n) is 2.59. The molecule has 1 aliphatic rings. The summed E-state index contributed by atoms with van der Waals surface area (Å²) >= 11 is 9.55. The number of aryl methyl sites for hydroxylation is 2. The number of hydrogen-bond acceptors (Lipinski definition) is 1. The summed E-state index contributed by atoms with van der Waals surface area (Å²) in [6, 6.07) is 13.0. The fourth-order valence-corrected chi connectivity index (χ4v) is 3.06. The average Bonchev–Trinajstić information content (AvgIpc) is 2.40. The van der Waals surface area contributed by atoms with Crippen molar-refractivity contribution in [3.8, 4) is 0 Å². The highest BCUT2D eigenvalue weighted by Gasteiger charge is 2.19. The second-order valence-corrected chi connectivity index (χ2v) is 6.34. The number of nitrogens with one attached hydrogen (secondary N) is 1. The lowest BCUT2D eigenvalue weighted by Crippen LogP contribution is -2.18. The molecule has 0 fully saturated rings. The van der Waals surface area contributed by atoms with Crippen LogP contribution < -0.4 is 5.32 Å². The Bertz CT molecular complexity index is 607. The zero-order valence-corrected chi connectivity index (χ0v) is 13.1. The van der Waals surface area contributed by atoms with Gasteiger partial charge < -0.3 is 5.32 Å². The second-order valence-electron chi connectivity index (χ2n) is 5.05. The van der Waals surface area contributed by atoms with E-state index >= 15 is 0 Å². The zero-order chi connectivity index (χ0) is 13.4. The largest absolute Gasteiger partial charge is 0.378 e. The van der Waals surface area contributed by atoms with Crippen LogP contribution in [0.4, 0.5) is 5.69 Å². The molecule has 19 heavy (non-hydrogen) atoms. The predicted molar refractivity (Wildman–Crippen MR) is 85.0 cm³/mol. The summed E-state index contributed by atoms with van der Waals surface area (Å²) in [5, 5.41) is 4.42. The second kappa shape index (κ2) is 5.18. The van der Waals surface area contributed by atoms with Crippen LogP contribution in [0.1, 0.15) is 29.2 Å². The molecule has 1 atom stereocenters. The van der Waals surface area contributed by atoms with Gasteiger partial charge in [0.05, 0.1) is 6.04 Å². The Balaban J connectivity index is 1.89. The summed E-state index contributed by atoms with van der Waals surface area (Å²) in [4.78, 5) is 0. The van der Waals surface area contributed by atoms with Crippen LogP contribution in [-0.2, 0) is 6.42 Å². The van der Waals surface area contributed by atoms with E-state index in [1.165, 1.54) is 22.4 Å². The number of rotatable bonds is 1. The smallest absolute Gasteiger partial charge is 0.0517 e. The van der Waals surface area contributed by atoms with Crippen molar-refractivity contribution in [1.82, 2.24) is 0 Å². The van der Waals surface area contributed by atoms with Crippen molar-refractivity contribution in [2.75, 3.05) is 5.32 Å². The topological polar surface area (TPSA) is 12.0 Å². The summed E-state index contributed by atoms with van der Waals surface area (Å²) in [7, 11) is 0. The summed E-state index contributed by atoms with van der Waals surface area (Å²) in [6.45, 7) is 2.13. The van der Waals surface area contributed by atoms with Crippen molar-refractivity contribution in [2.45, 2.75) is 25.8 Å². The van der Waals surface area contributed by atoms with E-state index in [0.717, 1.165) is 22.3 Å². The molecule has 0 saturated carbocycles. The molecule has 2 aromatic rings. The highest BCUT2D eigenvalue weighted by molar-refractivity contribution is 9.10. The molecule has 1 N–H and O–H groups in total. The maximum absolute atomic E-state index is 5.94. The Labute approximate surface area is 127 Å². The minimum Gasteiger partial charge on any atom is -0.378 e. The SMILES string of the molecule is Cc1cc2c(cc1Br)NC(c1ccc(Cl)cc1)CC2. The van der Waals surface area contributed by atoms with Gasteiger partial charge in [-0.1, -0.05) is 45.7 Å². The molecule has 0 spiro atoms. The predicted octanol–water partition coefficient (Wildman–Crippen LogP) is 5.51. The van der Waals surface area contributed by atoms with Gasteiger partial charge in [0.15, 0.2) is 0 Å². The number of halogens is 2. The first-order valence-corrected chi connectivity index (χ1v) is 7.61. The lowest BCUT2D eigenvalue weighted by Gasteiger charge is -2.28. The summed E-state index contributed by atoms with van der Waals surface area (Å²) in [5.74, 6) is 0. The average molecular weight is 337 g/mol. The molecule has 1 unspecified atom stereocenters. The lowest BCUT2D eigenvalue weighted by molar-refractivity contribution is 0.667. The van der Waals surface area contributed by atoms with Gasteiger partial charge in [0.25, 0.3) is 0 Å². The number of anilines is 1. The molecule has 3 heteroatoms. The van der Waals surface area contributed by atoms with Gasteiger partial charge >= 0.3 is 0 Å². The number of fused-ring (bicyclic) bond motifs is 1. The molecule has 2 aromatic carbocycles. The third kappa shape index (κ3) is 2.65. The normalized spacial score (nSPS) is 17.7.